The van der Waals surface area contributed by atoms with E-state index in [4.69, 9.17) is 0 Å². The summed E-state index contributed by atoms with van der Waals surface area (Å²) in [4.78, 5) is 14.9. The fraction of sp³-hybridized carbons (Fsp3) is 0.500. The molecule has 2 aliphatic heterocycles. The maximum Gasteiger partial charge on any atom is 0.317 e. The second kappa shape index (κ2) is 10.3. The number of nitrogens with one attached hydrogen (secondary N) is 1. The van der Waals surface area contributed by atoms with Crippen molar-refractivity contribution in [3.63, 3.8) is 0 Å². The van der Waals surface area contributed by atoms with Crippen LogP contribution in [0.2, 0.25) is 0 Å². The largest absolute Gasteiger partial charge is 0.338 e. The van der Waals surface area contributed by atoms with Gasteiger partial charge in [-0.1, -0.05) is 55.0 Å². The molecule has 2 bridgehead atoms. The van der Waals surface area contributed by atoms with Crippen LogP contribution in [0.15, 0.2) is 48.5 Å². The SMILES string of the molecule is CCS(=O)(=O)N(C)C1CCN2C(=O)NCCCCCc3ccccc3-c3cccc(c3)CC12. The molecule has 0 radical (unpaired) electrons. The fourth-order valence-electron chi connectivity index (χ4n) is 5.21. The Bertz CT molecular complexity index is 1090. The highest BCUT2D eigenvalue weighted by Crippen LogP contribution is 2.30. The third-order valence-corrected chi connectivity index (χ3v) is 9.02. The summed E-state index contributed by atoms with van der Waals surface area (Å²) in [5.41, 5.74) is 4.91. The van der Waals surface area contributed by atoms with E-state index < -0.39 is 10.0 Å². The van der Waals surface area contributed by atoms with Gasteiger partial charge in [0.2, 0.25) is 10.0 Å². The lowest BCUT2D eigenvalue weighted by Gasteiger charge is -2.33. The number of nitrogens with zero attached hydrogens (tertiary/aromatic N) is 2. The first-order valence-corrected chi connectivity index (χ1v) is 13.7. The van der Waals surface area contributed by atoms with Crippen LogP contribution in [0.25, 0.3) is 11.1 Å². The van der Waals surface area contributed by atoms with Gasteiger partial charge in [-0.2, -0.15) is 4.31 Å². The summed E-state index contributed by atoms with van der Waals surface area (Å²) in [6, 6.07) is 16.6. The summed E-state index contributed by atoms with van der Waals surface area (Å²) in [7, 11) is -1.69. The molecule has 2 aromatic rings. The monoisotopic (exact) mass is 469 g/mol. The normalized spacial score (nSPS) is 22.2. The Labute approximate surface area is 198 Å². The third kappa shape index (κ3) is 5.25. The molecule has 1 fully saturated rings. The minimum atomic E-state index is -3.35. The maximum absolute atomic E-state index is 13.1. The predicted octanol–water partition coefficient (Wildman–Crippen LogP) is 4.06. The topological polar surface area (TPSA) is 69.7 Å². The maximum atomic E-state index is 13.1. The van der Waals surface area contributed by atoms with E-state index in [0.717, 1.165) is 31.2 Å². The first kappa shape index (κ1) is 23.8. The van der Waals surface area contributed by atoms with Crippen LogP contribution in [0.5, 0.6) is 0 Å². The second-order valence-electron chi connectivity index (χ2n) is 9.14. The average molecular weight is 470 g/mol. The smallest absolute Gasteiger partial charge is 0.317 e. The van der Waals surface area contributed by atoms with E-state index in [2.05, 4.69) is 53.8 Å². The molecule has 2 aromatic carbocycles. The zero-order valence-electron chi connectivity index (χ0n) is 19.7. The molecule has 2 atom stereocenters. The quantitative estimate of drug-likeness (QED) is 0.737. The molecule has 0 aliphatic carbocycles. The molecule has 2 aliphatic rings. The molecular formula is C26H35N3O3S. The van der Waals surface area contributed by atoms with Crippen LogP contribution in [0.4, 0.5) is 4.79 Å². The number of carbonyl (C=O) groups is 1. The summed E-state index contributed by atoms with van der Waals surface area (Å²) in [5.74, 6) is 0.0607. The second-order valence-corrected chi connectivity index (χ2v) is 11.5. The van der Waals surface area contributed by atoms with Gasteiger partial charge in [-0.15, -0.1) is 0 Å². The Morgan fingerprint density at radius 3 is 2.73 bits per heavy atom. The lowest BCUT2D eigenvalue weighted by Crippen LogP contribution is -2.51. The summed E-state index contributed by atoms with van der Waals surface area (Å²) < 4.78 is 26.8. The fourth-order valence-corrected chi connectivity index (χ4v) is 6.28. The van der Waals surface area contributed by atoms with Gasteiger partial charge in [0, 0.05) is 26.2 Å². The zero-order chi connectivity index (χ0) is 23.4. The van der Waals surface area contributed by atoms with Gasteiger partial charge in [-0.3, -0.25) is 0 Å². The molecule has 2 heterocycles. The highest BCUT2D eigenvalue weighted by atomic mass is 32.2. The molecule has 178 valence electrons. The number of hydrogen-bond donors (Lipinski definition) is 1. The van der Waals surface area contributed by atoms with Crippen molar-refractivity contribution >= 4 is 16.1 Å². The van der Waals surface area contributed by atoms with Crippen molar-refractivity contribution in [2.75, 3.05) is 25.9 Å². The van der Waals surface area contributed by atoms with Gasteiger partial charge in [-0.25, -0.2) is 13.2 Å². The Morgan fingerprint density at radius 1 is 1.09 bits per heavy atom. The van der Waals surface area contributed by atoms with Gasteiger partial charge >= 0.3 is 6.03 Å². The molecule has 6 nitrogen and oxygen atoms in total. The van der Waals surface area contributed by atoms with Crippen molar-refractivity contribution < 1.29 is 13.2 Å². The van der Waals surface area contributed by atoms with Gasteiger partial charge in [0.1, 0.15) is 0 Å². The highest BCUT2D eigenvalue weighted by Gasteiger charge is 2.42. The van der Waals surface area contributed by atoms with Crippen molar-refractivity contribution in [3.8, 4) is 11.1 Å². The van der Waals surface area contributed by atoms with Crippen molar-refractivity contribution in [1.29, 1.82) is 0 Å². The van der Waals surface area contributed by atoms with E-state index in [9.17, 15) is 13.2 Å². The Morgan fingerprint density at radius 2 is 1.91 bits per heavy atom. The van der Waals surface area contributed by atoms with E-state index >= 15 is 0 Å². The molecule has 2 unspecified atom stereocenters. The molecule has 1 N–H and O–H groups in total. The van der Waals surface area contributed by atoms with Crippen molar-refractivity contribution in [1.82, 2.24) is 14.5 Å². The van der Waals surface area contributed by atoms with Crippen molar-refractivity contribution in [2.24, 2.45) is 0 Å². The van der Waals surface area contributed by atoms with Gasteiger partial charge in [0.25, 0.3) is 0 Å². The van der Waals surface area contributed by atoms with E-state index in [-0.39, 0.29) is 23.9 Å². The van der Waals surface area contributed by atoms with Gasteiger partial charge in [-0.05, 0) is 61.3 Å². The number of hydrogen-bond acceptors (Lipinski definition) is 3. The number of urea groups is 1. The Hall–Kier alpha value is -2.38. The van der Waals surface area contributed by atoms with Crippen LogP contribution in [-0.4, -0.2) is 61.6 Å². The number of sulfonamides is 1. The van der Waals surface area contributed by atoms with Crippen LogP contribution >= 0.6 is 0 Å². The Balaban J connectivity index is 1.71. The van der Waals surface area contributed by atoms with E-state index in [1.165, 1.54) is 21.0 Å². The van der Waals surface area contributed by atoms with Crippen molar-refractivity contribution in [2.45, 2.75) is 57.5 Å². The molecule has 0 saturated carbocycles. The number of likely N-dealkylation sites (N-methyl/N-ethyl adjacent to an activating group) is 1. The van der Waals surface area contributed by atoms with Gasteiger partial charge < -0.3 is 10.2 Å². The number of aryl methyl sites for hydroxylation is 1. The minimum absolute atomic E-state index is 0.0607. The van der Waals surface area contributed by atoms with Crippen LogP contribution in [0.1, 0.15) is 43.7 Å². The lowest BCUT2D eigenvalue weighted by molar-refractivity contribution is 0.181. The molecule has 33 heavy (non-hydrogen) atoms. The standard InChI is InChI=1S/C26H35N3O3S/c1-3-33(31,32)28(2)24-15-17-29-25(24)19-20-10-9-13-22(18-20)23-14-7-6-12-21(23)11-5-4-8-16-27-26(29)30/h6-7,9-10,12-14,18,24-25H,3-5,8,11,15-17,19H2,1-2H3,(H,27,30). The summed E-state index contributed by atoms with van der Waals surface area (Å²) >= 11 is 0. The van der Waals surface area contributed by atoms with E-state index in [1.54, 1.807) is 14.0 Å². The van der Waals surface area contributed by atoms with Crippen LogP contribution < -0.4 is 5.32 Å². The molecule has 2 amide bonds. The first-order chi connectivity index (χ1) is 15.9. The number of rotatable bonds is 3. The molecule has 0 aromatic heterocycles. The first-order valence-electron chi connectivity index (χ1n) is 12.1. The van der Waals surface area contributed by atoms with Crippen LogP contribution in [-0.2, 0) is 22.9 Å². The molecule has 4 rings (SSSR count). The number of benzene rings is 2. The molecule has 0 spiro atoms. The zero-order valence-corrected chi connectivity index (χ0v) is 20.5. The minimum Gasteiger partial charge on any atom is -0.338 e. The molecule has 1 saturated heterocycles. The van der Waals surface area contributed by atoms with Gasteiger partial charge in [0.05, 0.1) is 11.8 Å². The molecular weight excluding hydrogens is 434 g/mol. The van der Waals surface area contributed by atoms with Crippen LogP contribution in [0, 0.1) is 0 Å². The van der Waals surface area contributed by atoms with E-state index in [1.807, 2.05) is 4.90 Å². The summed E-state index contributed by atoms with van der Waals surface area (Å²) in [5, 5.41) is 3.08. The summed E-state index contributed by atoms with van der Waals surface area (Å²) in [6.07, 6.45) is 5.37. The third-order valence-electron chi connectivity index (χ3n) is 7.14. The van der Waals surface area contributed by atoms with Gasteiger partial charge in [0.15, 0.2) is 0 Å². The average Bonchev–Trinajstić information content (AvgIpc) is 3.23. The van der Waals surface area contributed by atoms with E-state index in [0.29, 0.717) is 25.9 Å². The number of amides is 2. The molecule has 7 heteroatoms. The van der Waals surface area contributed by atoms with Crippen LogP contribution in [0.3, 0.4) is 0 Å². The lowest BCUT2D eigenvalue weighted by atomic mass is 9.93. The summed E-state index contributed by atoms with van der Waals surface area (Å²) in [6.45, 7) is 2.88. The predicted molar refractivity (Wildman–Crippen MR) is 133 cm³/mol. The van der Waals surface area contributed by atoms with Crippen molar-refractivity contribution in [3.05, 3.63) is 59.7 Å². The number of carbonyl (C=O) groups excluding carboxylic acids is 1. The Kier molecular flexibility index (Phi) is 7.39. The number of fused-ring (bicyclic) bond motifs is 5. The highest BCUT2D eigenvalue weighted by molar-refractivity contribution is 7.89.